The largest absolute Gasteiger partial charge is 0.337 e. The summed E-state index contributed by atoms with van der Waals surface area (Å²) in [5, 5.41) is 0. The molecule has 0 unspecified atom stereocenters. The van der Waals surface area contributed by atoms with E-state index < -0.39 is 0 Å². The molecule has 18 heavy (non-hydrogen) atoms. The highest BCUT2D eigenvalue weighted by molar-refractivity contribution is 6.18. The summed E-state index contributed by atoms with van der Waals surface area (Å²) in [6.07, 6.45) is 2.10. The lowest BCUT2D eigenvalue weighted by Gasteiger charge is -2.22. The van der Waals surface area contributed by atoms with Crippen LogP contribution in [0.1, 0.15) is 41.3 Å². The van der Waals surface area contributed by atoms with Crippen molar-refractivity contribution < 1.29 is 4.79 Å². The van der Waals surface area contributed by atoms with E-state index in [1.54, 1.807) is 0 Å². The zero-order chi connectivity index (χ0) is 13.5. The van der Waals surface area contributed by atoms with Crippen LogP contribution in [0.5, 0.6) is 0 Å². The summed E-state index contributed by atoms with van der Waals surface area (Å²) in [5.41, 5.74) is 3.02. The number of halogens is 1. The Balaban J connectivity index is 2.86. The molecule has 100 valence electrons. The number of unbranched alkanes of at least 4 members (excludes halogenated alkanes) is 1. The minimum Gasteiger partial charge on any atom is -0.337 e. The van der Waals surface area contributed by atoms with Gasteiger partial charge in [-0.25, -0.2) is 0 Å². The fourth-order valence-electron chi connectivity index (χ4n) is 2.05. The van der Waals surface area contributed by atoms with E-state index in [0.717, 1.165) is 36.1 Å². The van der Waals surface area contributed by atoms with Crippen LogP contribution in [0, 0.1) is 13.8 Å². The van der Waals surface area contributed by atoms with E-state index in [0.29, 0.717) is 12.4 Å². The molecule has 0 saturated carbocycles. The maximum absolute atomic E-state index is 12.4. The molecule has 0 aliphatic heterocycles. The van der Waals surface area contributed by atoms with Gasteiger partial charge in [-0.05, 0) is 32.4 Å². The summed E-state index contributed by atoms with van der Waals surface area (Å²) < 4.78 is 0. The van der Waals surface area contributed by atoms with Crippen molar-refractivity contribution in [2.24, 2.45) is 0 Å². The number of carbonyl (C=O) groups excluding carboxylic acids is 1. The van der Waals surface area contributed by atoms with Crippen molar-refractivity contribution in [2.45, 2.75) is 33.6 Å². The Bertz CT molecular complexity index is 383. The van der Waals surface area contributed by atoms with E-state index in [2.05, 4.69) is 13.0 Å². The van der Waals surface area contributed by atoms with Gasteiger partial charge < -0.3 is 4.90 Å². The number of hydrogen-bond acceptors (Lipinski definition) is 1. The molecule has 0 N–H and O–H groups in total. The molecule has 1 aromatic carbocycles. The Morgan fingerprint density at radius 1 is 1.17 bits per heavy atom. The second-order valence-electron chi connectivity index (χ2n) is 4.71. The van der Waals surface area contributed by atoms with Crippen molar-refractivity contribution in [1.82, 2.24) is 4.90 Å². The molecule has 0 spiro atoms. The van der Waals surface area contributed by atoms with Gasteiger partial charge in [0.15, 0.2) is 0 Å². The van der Waals surface area contributed by atoms with Gasteiger partial charge in [0.1, 0.15) is 0 Å². The fraction of sp³-hybridized carbons (Fsp3) is 0.533. The van der Waals surface area contributed by atoms with Gasteiger partial charge >= 0.3 is 0 Å². The lowest BCUT2D eigenvalue weighted by molar-refractivity contribution is 0.0763. The van der Waals surface area contributed by atoms with E-state index in [4.69, 9.17) is 11.6 Å². The zero-order valence-electron chi connectivity index (χ0n) is 11.5. The molecule has 0 heterocycles. The van der Waals surface area contributed by atoms with Crippen LogP contribution in [0.25, 0.3) is 0 Å². The molecule has 0 fully saturated rings. The summed E-state index contributed by atoms with van der Waals surface area (Å²) in [4.78, 5) is 14.3. The molecule has 0 saturated heterocycles. The van der Waals surface area contributed by atoms with Crippen molar-refractivity contribution in [3.63, 3.8) is 0 Å². The van der Waals surface area contributed by atoms with Crippen molar-refractivity contribution in [1.29, 1.82) is 0 Å². The summed E-state index contributed by atoms with van der Waals surface area (Å²) >= 11 is 5.78. The predicted octanol–water partition coefficient (Wildman–Crippen LogP) is 3.78. The van der Waals surface area contributed by atoms with Crippen molar-refractivity contribution in [3.8, 4) is 0 Å². The van der Waals surface area contributed by atoms with Crippen LogP contribution >= 0.6 is 11.6 Å². The van der Waals surface area contributed by atoms with Crippen molar-refractivity contribution >= 4 is 17.5 Å². The second kappa shape index (κ2) is 7.42. The monoisotopic (exact) mass is 267 g/mol. The summed E-state index contributed by atoms with van der Waals surface area (Å²) in [6.45, 7) is 7.56. The maximum atomic E-state index is 12.4. The first-order valence-electron chi connectivity index (χ1n) is 6.52. The van der Waals surface area contributed by atoms with Gasteiger partial charge in [-0.15, -0.1) is 11.6 Å². The van der Waals surface area contributed by atoms with E-state index in [1.807, 2.05) is 30.9 Å². The summed E-state index contributed by atoms with van der Waals surface area (Å²) in [6, 6.07) is 5.97. The molecule has 1 aromatic rings. The molecule has 2 nitrogen and oxygen atoms in total. The molecule has 0 radical (unpaired) electrons. The molecule has 3 heteroatoms. The number of nitrogens with zero attached hydrogens (tertiary/aromatic N) is 1. The number of aryl methyl sites for hydroxylation is 2. The van der Waals surface area contributed by atoms with Crippen LogP contribution in [0.2, 0.25) is 0 Å². The SMILES string of the molecule is CCCCN(CCCl)C(=O)c1cc(C)cc(C)c1. The Morgan fingerprint density at radius 3 is 2.28 bits per heavy atom. The van der Waals surface area contributed by atoms with Crippen LogP contribution in [0.4, 0.5) is 0 Å². The average Bonchev–Trinajstić information content (AvgIpc) is 2.32. The van der Waals surface area contributed by atoms with E-state index in [1.165, 1.54) is 0 Å². The van der Waals surface area contributed by atoms with Gasteiger partial charge in [-0.3, -0.25) is 4.79 Å². The Hall–Kier alpha value is -1.02. The topological polar surface area (TPSA) is 20.3 Å². The van der Waals surface area contributed by atoms with E-state index in [-0.39, 0.29) is 5.91 Å². The minimum atomic E-state index is 0.0934. The number of carbonyl (C=O) groups is 1. The maximum Gasteiger partial charge on any atom is 0.253 e. The molecule has 1 rings (SSSR count). The summed E-state index contributed by atoms with van der Waals surface area (Å²) in [5.74, 6) is 0.580. The van der Waals surface area contributed by atoms with Gasteiger partial charge in [0.2, 0.25) is 0 Å². The number of rotatable bonds is 6. The normalized spacial score (nSPS) is 10.4. The Kier molecular flexibility index (Phi) is 6.20. The number of amides is 1. The number of benzene rings is 1. The average molecular weight is 268 g/mol. The zero-order valence-corrected chi connectivity index (χ0v) is 12.3. The van der Waals surface area contributed by atoms with E-state index >= 15 is 0 Å². The summed E-state index contributed by atoms with van der Waals surface area (Å²) in [7, 11) is 0. The molecule has 0 aliphatic carbocycles. The number of alkyl halides is 1. The third-order valence-corrected chi connectivity index (χ3v) is 3.06. The van der Waals surface area contributed by atoms with E-state index in [9.17, 15) is 4.79 Å². The van der Waals surface area contributed by atoms with Crippen LogP contribution in [0.15, 0.2) is 18.2 Å². The van der Waals surface area contributed by atoms with Crippen molar-refractivity contribution in [2.75, 3.05) is 19.0 Å². The third kappa shape index (κ3) is 4.34. The highest BCUT2D eigenvalue weighted by atomic mass is 35.5. The molecular formula is C15H22ClNO. The van der Waals surface area contributed by atoms with Gasteiger partial charge in [-0.2, -0.15) is 0 Å². The van der Waals surface area contributed by atoms with Crippen LogP contribution < -0.4 is 0 Å². The predicted molar refractivity (Wildman–Crippen MR) is 77.4 cm³/mol. The lowest BCUT2D eigenvalue weighted by atomic mass is 10.1. The quantitative estimate of drug-likeness (QED) is 0.718. The first kappa shape index (κ1) is 15.0. The fourth-order valence-corrected chi connectivity index (χ4v) is 2.25. The highest BCUT2D eigenvalue weighted by Gasteiger charge is 2.15. The van der Waals surface area contributed by atoms with Crippen LogP contribution in [0.3, 0.4) is 0 Å². The van der Waals surface area contributed by atoms with Crippen LogP contribution in [-0.4, -0.2) is 29.8 Å². The number of hydrogen-bond donors (Lipinski definition) is 0. The van der Waals surface area contributed by atoms with Gasteiger partial charge in [0, 0.05) is 24.5 Å². The van der Waals surface area contributed by atoms with Gasteiger partial charge in [-0.1, -0.05) is 30.5 Å². The van der Waals surface area contributed by atoms with Crippen molar-refractivity contribution in [3.05, 3.63) is 34.9 Å². The second-order valence-corrected chi connectivity index (χ2v) is 5.09. The van der Waals surface area contributed by atoms with Crippen LogP contribution in [-0.2, 0) is 0 Å². The third-order valence-electron chi connectivity index (χ3n) is 2.89. The molecule has 0 aliphatic rings. The molecular weight excluding hydrogens is 246 g/mol. The molecule has 1 amide bonds. The molecule has 0 bridgehead atoms. The first-order valence-corrected chi connectivity index (χ1v) is 7.05. The molecule has 0 atom stereocenters. The molecule has 0 aromatic heterocycles. The van der Waals surface area contributed by atoms with Gasteiger partial charge in [0.05, 0.1) is 0 Å². The minimum absolute atomic E-state index is 0.0934. The highest BCUT2D eigenvalue weighted by Crippen LogP contribution is 2.12. The lowest BCUT2D eigenvalue weighted by Crippen LogP contribution is -2.33. The Labute approximate surface area is 115 Å². The Morgan fingerprint density at radius 2 is 1.78 bits per heavy atom. The smallest absolute Gasteiger partial charge is 0.253 e. The first-order chi connectivity index (χ1) is 8.58. The van der Waals surface area contributed by atoms with Gasteiger partial charge in [0.25, 0.3) is 5.91 Å². The standard InChI is InChI=1S/C15H22ClNO/c1-4-5-7-17(8-6-16)15(18)14-10-12(2)9-13(3)11-14/h9-11H,4-8H2,1-3H3.